The third kappa shape index (κ3) is 3.11. The van der Waals surface area contributed by atoms with Crippen molar-refractivity contribution in [3.63, 3.8) is 0 Å². The number of thiophene rings is 1. The lowest BCUT2D eigenvalue weighted by Crippen LogP contribution is -2.01. The van der Waals surface area contributed by atoms with Gasteiger partial charge in [-0.25, -0.2) is 9.97 Å². The molecule has 4 nitrogen and oxygen atoms in total. The Hall–Kier alpha value is -2.63. The van der Waals surface area contributed by atoms with Crippen molar-refractivity contribution in [3.8, 4) is 16.5 Å². The first-order chi connectivity index (χ1) is 12.7. The number of fused-ring (bicyclic) bond motifs is 1. The molecule has 0 atom stereocenters. The summed E-state index contributed by atoms with van der Waals surface area (Å²) in [6.07, 6.45) is 0. The molecule has 0 spiro atoms. The molecular weight excluding hydrogens is 366 g/mol. The van der Waals surface area contributed by atoms with E-state index in [-0.39, 0.29) is 0 Å². The van der Waals surface area contributed by atoms with Gasteiger partial charge in [0, 0.05) is 5.39 Å². The van der Waals surface area contributed by atoms with Crippen LogP contribution in [0.4, 0.5) is 11.5 Å². The number of anilines is 2. The zero-order valence-corrected chi connectivity index (χ0v) is 15.9. The second-order valence-corrected chi connectivity index (χ2v) is 7.16. The van der Waals surface area contributed by atoms with E-state index < -0.39 is 0 Å². The van der Waals surface area contributed by atoms with Crippen LogP contribution in [0.15, 0.2) is 53.9 Å². The molecule has 4 rings (SSSR count). The van der Waals surface area contributed by atoms with Gasteiger partial charge in [-0.1, -0.05) is 29.8 Å². The maximum atomic E-state index is 6.30. The van der Waals surface area contributed by atoms with Crippen LogP contribution in [0.25, 0.3) is 21.6 Å². The van der Waals surface area contributed by atoms with E-state index in [0.717, 1.165) is 38.6 Å². The van der Waals surface area contributed by atoms with Gasteiger partial charge in [-0.05, 0) is 48.2 Å². The van der Waals surface area contributed by atoms with Crippen LogP contribution in [0.1, 0.15) is 5.56 Å². The Kier molecular flexibility index (Phi) is 4.49. The Morgan fingerprint density at radius 1 is 1.08 bits per heavy atom. The van der Waals surface area contributed by atoms with Crippen molar-refractivity contribution in [2.75, 3.05) is 12.4 Å². The topological polar surface area (TPSA) is 47.0 Å². The number of hydrogen-bond acceptors (Lipinski definition) is 5. The minimum Gasteiger partial charge on any atom is -0.495 e. The first-order valence-electron chi connectivity index (χ1n) is 8.07. The van der Waals surface area contributed by atoms with Crippen LogP contribution in [0, 0.1) is 6.92 Å². The van der Waals surface area contributed by atoms with Crippen LogP contribution in [0.5, 0.6) is 5.75 Å². The summed E-state index contributed by atoms with van der Waals surface area (Å²) in [5.74, 6) is 2.09. The average Bonchev–Trinajstić information content (AvgIpc) is 3.08. The predicted molar refractivity (Wildman–Crippen MR) is 109 cm³/mol. The number of nitrogens with one attached hydrogen (secondary N) is 1. The number of aromatic nitrogens is 2. The number of para-hydroxylation sites is 1. The molecule has 0 fully saturated rings. The third-order valence-corrected chi connectivity index (χ3v) is 5.37. The minimum atomic E-state index is 0.609. The minimum absolute atomic E-state index is 0.609. The number of benzene rings is 2. The van der Waals surface area contributed by atoms with Crippen molar-refractivity contribution >= 4 is 45.3 Å². The number of hydrogen-bond donors (Lipinski definition) is 1. The fourth-order valence-electron chi connectivity index (χ4n) is 2.77. The summed E-state index contributed by atoms with van der Waals surface area (Å²) in [7, 11) is 1.66. The lowest BCUT2D eigenvalue weighted by atomic mass is 10.2. The van der Waals surface area contributed by atoms with Gasteiger partial charge in [-0.3, -0.25) is 0 Å². The van der Waals surface area contributed by atoms with Crippen LogP contribution in [0.3, 0.4) is 0 Å². The smallest absolute Gasteiger partial charge is 0.173 e. The lowest BCUT2D eigenvalue weighted by Gasteiger charge is -2.14. The molecule has 4 aromatic rings. The molecule has 0 aliphatic rings. The van der Waals surface area contributed by atoms with Gasteiger partial charge in [0.1, 0.15) is 11.6 Å². The van der Waals surface area contributed by atoms with Gasteiger partial charge in [0.15, 0.2) is 5.82 Å². The molecule has 0 bridgehead atoms. The van der Waals surface area contributed by atoms with E-state index in [4.69, 9.17) is 21.3 Å². The molecule has 0 radical (unpaired) electrons. The molecule has 0 saturated carbocycles. The van der Waals surface area contributed by atoms with Gasteiger partial charge in [0.25, 0.3) is 0 Å². The Balaban J connectivity index is 1.89. The molecule has 0 aliphatic heterocycles. The zero-order valence-electron chi connectivity index (χ0n) is 14.3. The number of methoxy groups -OCH3 is 1. The summed E-state index contributed by atoms with van der Waals surface area (Å²) in [6, 6.07) is 15.8. The Bertz CT molecular complexity index is 1090. The van der Waals surface area contributed by atoms with Crippen molar-refractivity contribution in [3.05, 3.63) is 64.5 Å². The van der Waals surface area contributed by atoms with Gasteiger partial charge >= 0.3 is 0 Å². The van der Waals surface area contributed by atoms with Crippen molar-refractivity contribution in [1.82, 2.24) is 9.97 Å². The van der Waals surface area contributed by atoms with Crippen LogP contribution in [0.2, 0.25) is 5.02 Å². The first kappa shape index (κ1) is 16.8. The van der Waals surface area contributed by atoms with E-state index in [1.54, 1.807) is 7.11 Å². The summed E-state index contributed by atoms with van der Waals surface area (Å²) < 4.78 is 5.48. The molecule has 0 aliphatic carbocycles. The second kappa shape index (κ2) is 6.94. The molecule has 26 heavy (non-hydrogen) atoms. The van der Waals surface area contributed by atoms with E-state index in [9.17, 15) is 0 Å². The third-order valence-electron chi connectivity index (χ3n) is 4.03. The van der Waals surface area contributed by atoms with Crippen molar-refractivity contribution < 1.29 is 4.74 Å². The average molecular weight is 382 g/mol. The van der Waals surface area contributed by atoms with Gasteiger partial charge in [0.2, 0.25) is 0 Å². The van der Waals surface area contributed by atoms with Crippen molar-refractivity contribution in [2.24, 2.45) is 0 Å². The van der Waals surface area contributed by atoms with Crippen LogP contribution >= 0.6 is 22.9 Å². The second-order valence-electron chi connectivity index (χ2n) is 5.84. The molecular formula is C20H16ClN3OS. The highest BCUT2D eigenvalue weighted by Gasteiger charge is 2.14. The number of aryl methyl sites for hydroxylation is 1. The first-order valence-corrected chi connectivity index (χ1v) is 9.33. The summed E-state index contributed by atoms with van der Waals surface area (Å²) in [5, 5.41) is 6.95. The van der Waals surface area contributed by atoms with Gasteiger partial charge in [0.05, 0.1) is 28.2 Å². The fraction of sp³-hybridized carbons (Fsp3) is 0.100. The van der Waals surface area contributed by atoms with E-state index in [0.29, 0.717) is 10.8 Å². The normalized spacial score (nSPS) is 10.9. The maximum absolute atomic E-state index is 6.30. The van der Waals surface area contributed by atoms with Crippen LogP contribution in [-0.2, 0) is 0 Å². The Labute approximate surface area is 160 Å². The highest BCUT2D eigenvalue weighted by atomic mass is 35.5. The summed E-state index contributed by atoms with van der Waals surface area (Å²) >= 11 is 7.82. The molecule has 0 saturated heterocycles. The van der Waals surface area contributed by atoms with Gasteiger partial charge in [-0.2, -0.15) is 0 Å². The molecule has 2 aromatic carbocycles. The molecule has 2 heterocycles. The van der Waals surface area contributed by atoms with Gasteiger partial charge < -0.3 is 10.1 Å². The Morgan fingerprint density at radius 2 is 1.92 bits per heavy atom. The van der Waals surface area contributed by atoms with Crippen molar-refractivity contribution in [2.45, 2.75) is 6.92 Å². The summed E-state index contributed by atoms with van der Waals surface area (Å²) in [5.41, 5.74) is 2.85. The SMILES string of the molecule is COc1ccc(C)cc1Nc1nc(-c2sccc2Cl)nc2ccccc12. The monoisotopic (exact) mass is 381 g/mol. The Morgan fingerprint density at radius 3 is 2.69 bits per heavy atom. The highest BCUT2D eigenvalue weighted by Crippen LogP contribution is 2.35. The van der Waals surface area contributed by atoms with E-state index in [2.05, 4.69) is 10.3 Å². The quantitative estimate of drug-likeness (QED) is 0.466. The lowest BCUT2D eigenvalue weighted by molar-refractivity contribution is 0.416. The number of nitrogens with zero attached hydrogens (tertiary/aromatic N) is 2. The summed E-state index contributed by atoms with van der Waals surface area (Å²) in [4.78, 5) is 10.3. The molecule has 0 amide bonds. The predicted octanol–water partition coefficient (Wildman–Crippen LogP) is 6.07. The molecule has 2 aromatic heterocycles. The van der Waals surface area contributed by atoms with Gasteiger partial charge in [-0.15, -0.1) is 11.3 Å². The number of rotatable bonds is 4. The highest BCUT2D eigenvalue weighted by molar-refractivity contribution is 7.14. The molecule has 6 heteroatoms. The number of halogens is 1. The number of ether oxygens (including phenoxy) is 1. The van der Waals surface area contributed by atoms with E-state index in [1.807, 2.05) is 60.8 Å². The standard InChI is InChI=1S/C20H16ClN3OS/c1-12-7-8-17(25-2)16(11-12)23-19-13-5-3-4-6-15(13)22-20(24-19)18-14(21)9-10-26-18/h3-11H,1-2H3,(H,22,23,24). The zero-order chi connectivity index (χ0) is 18.1. The molecule has 130 valence electrons. The van der Waals surface area contributed by atoms with E-state index in [1.165, 1.54) is 11.3 Å². The van der Waals surface area contributed by atoms with Crippen LogP contribution in [-0.4, -0.2) is 17.1 Å². The fourth-order valence-corrected chi connectivity index (χ4v) is 3.85. The largest absolute Gasteiger partial charge is 0.495 e. The van der Waals surface area contributed by atoms with Crippen LogP contribution < -0.4 is 10.1 Å². The summed E-state index contributed by atoms with van der Waals surface area (Å²) in [6.45, 7) is 2.04. The molecule has 1 N–H and O–H groups in total. The van der Waals surface area contributed by atoms with Crippen molar-refractivity contribution in [1.29, 1.82) is 0 Å². The molecule has 0 unspecified atom stereocenters. The maximum Gasteiger partial charge on any atom is 0.173 e. The van der Waals surface area contributed by atoms with E-state index >= 15 is 0 Å².